The van der Waals surface area contributed by atoms with Gasteiger partial charge in [0.25, 0.3) is 5.91 Å². The monoisotopic (exact) mass is 378 g/mol. The SMILES string of the molecule is O=C(NCCNS(=O)(=O)c1cccc(Cl)c1)c1cc2ccccc2o1. The van der Waals surface area contributed by atoms with Crippen LogP contribution in [0.4, 0.5) is 0 Å². The molecule has 0 aliphatic rings. The van der Waals surface area contributed by atoms with E-state index in [9.17, 15) is 13.2 Å². The molecule has 1 aromatic heterocycles. The van der Waals surface area contributed by atoms with Gasteiger partial charge in [0.1, 0.15) is 5.58 Å². The van der Waals surface area contributed by atoms with Gasteiger partial charge in [-0.15, -0.1) is 0 Å². The van der Waals surface area contributed by atoms with Gasteiger partial charge in [0.05, 0.1) is 4.90 Å². The van der Waals surface area contributed by atoms with Crippen LogP contribution < -0.4 is 10.0 Å². The fourth-order valence-corrected chi connectivity index (χ4v) is 3.59. The summed E-state index contributed by atoms with van der Waals surface area (Å²) in [4.78, 5) is 12.1. The Labute approximate surface area is 149 Å². The zero-order valence-electron chi connectivity index (χ0n) is 13.0. The summed E-state index contributed by atoms with van der Waals surface area (Å²) in [6.07, 6.45) is 0. The standard InChI is InChI=1S/C17H15ClN2O4S/c18-13-5-3-6-14(11-13)25(22,23)20-9-8-19-17(21)16-10-12-4-1-2-7-15(12)24-16/h1-7,10-11,20H,8-9H2,(H,19,21). The van der Waals surface area contributed by atoms with Crippen molar-refractivity contribution in [3.8, 4) is 0 Å². The van der Waals surface area contributed by atoms with Crippen molar-refractivity contribution in [2.45, 2.75) is 4.90 Å². The fourth-order valence-electron chi connectivity index (χ4n) is 2.26. The molecule has 0 fully saturated rings. The van der Waals surface area contributed by atoms with Gasteiger partial charge in [-0.05, 0) is 30.3 Å². The highest BCUT2D eigenvalue weighted by atomic mass is 35.5. The molecule has 0 bridgehead atoms. The Bertz CT molecular complexity index is 981. The van der Waals surface area contributed by atoms with Crippen LogP contribution in [-0.4, -0.2) is 27.4 Å². The second-order valence-electron chi connectivity index (χ2n) is 5.26. The van der Waals surface area contributed by atoms with Crippen LogP contribution in [0.1, 0.15) is 10.6 Å². The van der Waals surface area contributed by atoms with Crippen LogP contribution in [0.3, 0.4) is 0 Å². The van der Waals surface area contributed by atoms with Gasteiger partial charge in [0.2, 0.25) is 10.0 Å². The normalized spacial score (nSPS) is 11.6. The van der Waals surface area contributed by atoms with Gasteiger partial charge in [-0.25, -0.2) is 13.1 Å². The third-order valence-corrected chi connectivity index (χ3v) is 5.15. The zero-order valence-corrected chi connectivity index (χ0v) is 14.6. The molecular weight excluding hydrogens is 364 g/mol. The third kappa shape index (κ3) is 4.19. The maximum atomic E-state index is 12.1. The minimum atomic E-state index is -3.68. The topological polar surface area (TPSA) is 88.4 Å². The first-order chi connectivity index (χ1) is 12.0. The predicted molar refractivity (Wildman–Crippen MR) is 95.2 cm³/mol. The fraction of sp³-hybridized carbons (Fsp3) is 0.118. The number of hydrogen-bond donors (Lipinski definition) is 2. The second kappa shape index (κ2) is 7.26. The number of rotatable bonds is 6. The molecule has 0 spiro atoms. The van der Waals surface area contributed by atoms with Crippen molar-refractivity contribution in [1.82, 2.24) is 10.0 Å². The number of nitrogens with one attached hydrogen (secondary N) is 2. The minimum Gasteiger partial charge on any atom is -0.451 e. The van der Waals surface area contributed by atoms with Crippen LogP contribution in [0.2, 0.25) is 5.02 Å². The molecule has 0 atom stereocenters. The summed E-state index contributed by atoms with van der Waals surface area (Å²) in [6, 6.07) is 14.9. The number of furan rings is 1. The highest BCUT2D eigenvalue weighted by Crippen LogP contribution is 2.18. The van der Waals surface area contributed by atoms with Gasteiger partial charge in [0, 0.05) is 23.5 Å². The number of amides is 1. The van der Waals surface area contributed by atoms with Crippen LogP contribution in [0.5, 0.6) is 0 Å². The largest absolute Gasteiger partial charge is 0.451 e. The molecule has 0 aliphatic carbocycles. The zero-order chi connectivity index (χ0) is 17.9. The Kier molecular flexibility index (Phi) is 5.08. The lowest BCUT2D eigenvalue weighted by Gasteiger charge is -2.07. The quantitative estimate of drug-likeness (QED) is 0.645. The highest BCUT2D eigenvalue weighted by Gasteiger charge is 2.15. The number of halogens is 1. The van der Waals surface area contributed by atoms with Crippen molar-refractivity contribution in [3.63, 3.8) is 0 Å². The summed E-state index contributed by atoms with van der Waals surface area (Å²) in [6.45, 7) is 0.163. The summed E-state index contributed by atoms with van der Waals surface area (Å²) < 4.78 is 32.1. The summed E-state index contributed by atoms with van der Waals surface area (Å²) in [5.74, 6) is -0.225. The molecule has 0 aliphatic heterocycles. The van der Waals surface area contributed by atoms with Crippen molar-refractivity contribution < 1.29 is 17.6 Å². The van der Waals surface area contributed by atoms with Gasteiger partial charge >= 0.3 is 0 Å². The molecule has 1 amide bonds. The number of benzene rings is 2. The first-order valence-corrected chi connectivity index (χ1v) is 9.34. The van der Waals surface area contributed by atoms with E-state index in [1.807, 2.05) is 18.2 Å². The van der Waals surface area contributed by atoms with E-state index in [1.165, 1.54) is 12.1 Å². The Morgan fingerprint density at radius 3 is 2.60 bits per heavy atom. The minimum absolute atomic E-state index is 0.0425. The number of sulfonamides is 1. The lowest BCUT2D eigenvalue weighted by atomic mass is 10.2. The van der Waals surface area contributed by atoms with Crippen molar-refractivity contribution in [1.29, 1.82) is 0 Å². The first-order valence-electron chi connectivity index (χ1n) is 7.48. The molecule has 8 heteroatoms. The van der Waals surface area contributed by atoms with Gasteiger partial charge in [0.15, 0.2) is 5.76 Å². The van der Waals surface area contributed by atoms with Crippen LogP contribution >= 0.6 is 11.6 Å². The molecule has 0 saturated heterocycles. The number of hydrogen-bond acceptors (Lipinski definition) is 4. The predicted octanol–water partition coefficient (Wildman–Crippen LogP) is 2.79. The smallest absolute Gasteiger partial charge is 0.287 e. The molecule has 2 N–H and O–H groups in total. The summed E-state index contributed by atoms with van der Waals surface area (Å²) in [5, 5.41) is 3.77. The number of para-hydroxylation sites is 1. The lowest BCUT2D eigenvalue weighted by molar-refractivity contribution is 0.0929. The van der Waals surface area contributed by atoms with Gasteiger partial charge < -0.3 is 9.73 Å². The van der Waals surface area contributed by atoms with Gasteiger partial charge in [-0.2, -0.15) is 0 Å². The molecular formula is C17H15ClN2O4S. The van der Waals surface area contributed by atoms with E-state index in [0.29, 0.717) is 10.6 Å². The Morgan fingerprint density at radius 2 is 1.84 bits per heavy atom. The van der Waals surface area contributed by atoms with Crippen molar-refractivity contribution in [3.05, 3.63) is 65.4 Å². The second-order valence-corrected chi connectivity index (χ2v) is 7.46. The molecule has 0 saturated carbocycles. The summed E-state index contributed by atoms with van der Waals surface area (Å²) in [5.41, 5.74) is 0.620. The Hall–Kier alpha value is -2.35. The maximum absolute atomic E-state index is 12.1. The van der Waals surface area contributed by atoms with Crippen molar-refractivity contribution in [2.24, 2.45) is 0 Å². The van der Waals surface area contributed by atoms with E-state index < -0.39 is 15.9 Å². The van der Waals surface area contributed by atoms with Gasteiger partial charge in [-0.3, -0.25) is 4.79 Å². The lowest BCUT2D eigenvalue weighted by Crippen LogP contribution is -2.34. The molecule has 25 heavy (non-hydrogen) atoms. The van der Waals surface area contributed by atoms with Crippen LogP contribution in [-0.2, 0) is 10.0 Å². The summed E-state index contributed by atoms with van der Waals surface area (Å²) in [7, 11) is -3.68. The maximum Gasteiger partial charge on any atom is 0.287 e. The summed E-state index contributed by atoms with van der Waals surface area (Å²) >= 11 is 5.80. The molecule has 3 aromatic rings. The van der Waals surface area contributed by atoms with E-state index in [0.717, 1.165) is 5.39 Å². The van der Waals surface area contributed by atoms with E-state index in [4.69, 9.17) is 16.0 Å². The number of carbonyl (C=O) groups excluding carboxylic acids is 1. The third-order valence-electron chi connectivity index (χ3n) is 3.46. The molecule has 2 aromatic carbocycles. The van der Waals surface area contributed by atoms with Crippen molar-refractivity contribution >= 4 is 38.5 Å². The average molecular weight is 379 g/mol. The molecule has 0 radical (unpaired) electrons. The van der Waals surface area contributed by atoms with Crippen LogP contribution in [0, 0.1) is 0 Å². The Balaban J connectivity index is 1.55. The molecule has 1 heterocycles. The molecule has 130 valence electrons. The van der Waals surface area contributed by atoms with E-state index >= 15 is 0 Å². The molecule has 6 nitrogen and oxygen atoms in total. The Morgan fingerprint density at radius 1 is 1.04 bits per heavy atom. The first kappa shape index (κ1) is 17.5. The van der Waals surface area contributed by atoms with E-state index in [-0.39, 0.29) is 23.7 Å². The van der Waals surface area contributed by atoms with E-state index in [1.54, 1.807) is 24.3 Å². The number of carbonyl (C=O) groups is 1. The highest BCUT2D eigenvalue weighted by molar-refractivity contribution is 7.89. The van der Waals surface area contributed by atoms with Gasteiger partial charge in [-0.1, -0.05) is 35.9 Å². The molecule has 0 unspecified atom stereocenters. The van der Waals surface area contributed by atoms with E-state index in [2.05, 4.69) is 10.0 Å². The molecule has 3 rings (SSSR count). The number of fused-ring (bicyclic) bond motifs is 1. The van der Waals surface area contributed by atoms with Crippen LogP contribution in [0.15, 0.2) is 63.9 Å². The average Bonchev–Trinajstić information content (AvgIpc) is 3.03. The van der Waals surface area contributed by atoms with Crippen LogP contribution in [0.25, 0.3) is 11.0 Å². The van der Waals surface area contributed by atoms with Crippen molar-refractivity contribution in [2.75, 3.05) is 13.1 Å².